The number of carbonyl (C=O) groups excluding carboxylic acids is 2. The molecular formula is C28H27F7N4O5. The molecule has 0 atom stereocenters. The first-order valence-corrected chi connectivity index (χ1v) is 13.2. The normalized spacial score (nSPS) is 14.5. The number of halogens is 7. The fourth-order valence-electron chi connectivity index (χ4n) is 5.18. The van der Waals surface area contributed by atoms with Crippen LogP contribution in [-0.4, -0.2) is 49.1 Å². The molecule has 2 aromatic carbocycles. The van der Waals surface area contributed by atoms with Gasteiger partial charge in [-0.25, -0.2) is 4.39 Å². The highest BCUT2D eigenvalue weighted by molar-refractivity contribution is 5.99. The number of carbonyl (C=O) groups is 2. The Kier molecular flexibility index (Phi) is 9.02. The van der Waals surface area contributed by atoms with Gasteiger partial charge in [0.05, 0.1) is 18.0 Å². The Labute approximate surface area is 245 Å². The van der Waals surface area contributed by atoms with Crippen LogP contribution in [0.4, 0.5) is 36.4 Å². The van der Waals surface area contributed by atoms with Gasteiger partial charge >= 0.3 is 12.5 Å². The Morgan fingerprint density at radius 3 is 2.30 bits per heavy atom. The number of methoxy groups -OCH3 is 1. The van der Waals surface area contributed by atoms with E-state index in [4.69, 9.17) is 10.5 Å². The van der Waals surface area contributed by atoms with Crippen molar-refractivity contribution >= 4 is 28.4 Å². The fraction of sp³-hybridized carbons (Fsp3) is 0.393. The van der Waals surface area contributed by atoms with Crippen LogP contribution in [0.3, 0.4) is 0 Å². The largest absolute Gasteiger partial charge is 0.573 e. The lowest BCUT2D eigenvalue weighted by molar-refractivity contribution is -0.274. The molecule has 0 saturated carbocycles. The molecule has 16 heteroatoms. The molecule has 1 aliphatic heterocycles. The van der Waals surface area contributed by atoms with Gasteiger partial charge in [-0.1, -0.05) is 6.07 Å². The van der Waals surface area contributed by atoms with Crippen molar-refractivity contribution in [2.75, 3.05) is 25.1 Å². The minimum atomic E-state index is -4.92. The highest BCUT2D eigenvalue weighted by Gasteiger charge is 2.34. The molecule has 3 N–H and O–H groups in total. The summed E-state index contributed by atoms with van der Waals surface area (Å²) in [5, 5.41) is 1.83. The van der Waals surface area contributed by atoms with E-state index in [9.17, 15) is 40.7 Å². The van der Waals surface area contributed by atoms with Crippen molar-refractivity contribution in [1.82, 2.24) is 9.88 Å². The summed E-state index contributed by atoms with van der Waals surface area (Å²) in [5.74, 6) is -3.93. The monoisotopic (exact) mass is 632 g/mol. The number of alkyl halides is 6. The number of fused-ring (bicyclic) bond motifs is 1. The van der Waals surface area contributed by atoms with Gasteiger partial charge < -0.3 is 30.0 Å². The van der Waals surface area contributed by atoms with Crippen molar-refractivity contribution in [3.63, 3.8) is 0 Å². The molecule has 44 heavy (non-hydrogen) atoms. The van der Waals surface area contributed by atoms with Crippen molar-refractivity contribution < 1.29 is 49.8 Å². The van der Waals surface area contributed by atoms with E-state index in [0.29, 0.717) is 21.9 Å². The van der Waals surface area contributed by atoms with E-state index in [2.05, 4.69) is 10.1 Å². The van der Waals surface area contributed by atoms with Gasteiger partial charge in [-0.15, -0.1) is 13.2 Å². The molecule has 0 bridgehead atoms. The van der Waals surface area contributed by atoms with Crippen LogP contribution >= 0.6 is 0 Å². The minimum Gasteiger partial charge on any atom is -0.492 e. The van der Waals surface area contributed by atoms with E-state index in [1.165, 1.54) is 17.9 Å². The Bertz CT molecular complexity index is 1640. The van der Waals surface area contributed by atoms with Crippen LogP contribution in [0.25, 0.3) is 10.9 Å². The molecule has 1 aromatic heterocycles. The van der Waals surface area contributed by atoms with Gasteiger partial charge in [0.25, 0.3) is 5.91 Å². The molecule has 9 nitrogen and oxygen atoms in total. The molecule has 1 saturated heterocycles. The van der Waals surface area contributed by atoms with Gasteiger partial charge in [0.15, 0.2) is 11.6 Å². The first-order chi connectivity index (χ1) is 20.5. The first kappa shape index (κ1) is 32.4. The van der Waals surface area contributed by atoms with Crippen molar-refractivity contribution in [3.05, 3.63) is 63.2 Å². The van der Waals surface area contributed by atoms with Crippen molar-refractivity contribution in [3.8, 4) is 11.5 Å². The summed E-state index contributed by atoms with van der Waals surface area (Å²) in [5.41, 5.74) is 3.59. The number of amides is 2. The molecule has 238 valence electrons. The van der Waals surface area contributed by atoms with Gasteiger partial charge in [0, 0.05) is 31.7 Å². The average Bonchev–Trinajstić information content (AvgIpc) is 2.91. The molecule has 4 rings (SSSR count). The van der Waals surface area contributed by atoms with Crippen LogP contribution in [0, 0.1) is 18.7 Å². The van der Waals surface area contributed by atoms with Gasteiger partial charge in [-0.05, 0) is 49.1 Å². The minimum absolute atomic E-state index is 0.138. The number of benzene rings is 2. The topological polar surface area (TPSA) is 116 Å². The quantitative estimate of drug-likeness (QED) is 0.352. The van der Waals surface area contributed by atoms with Gasteiger partial charge in [0.2, 0.25) is 11.3 Å². The zero-order valence-corrected chi connectivity index (χ0v) is 23.4. The second-order valence-electron chi connectivity index (χ2n) is 10.2. The maximum atomic E-state index is 15.6. The summed E-state index contributed by atoms with van der Waals surface area (Å²) in [6, 6.07) is 4.07. The zero-order valence-electron chi connectivity index (χ0n) is 23.4. The number of pyridine rings is 1. The summed E-state index contributed by atoms with van der Waals surface area (Å²) in [6.45, 7) is -0.237. The van der Waals surface area contributed by atoms with E-state index in [-0.39, 0.29) is 43.9 Å². The summed E-state index contributed by atoms with van der Waals surface area (Å²) in [6.07, 6.45) is -8.51. The number of hydrogen-bond donors (Lipinski definition) is 2. The first-order valence-electron chi connectivity index (χ1n) is 13.2. The van der Waals surface area contributed by atoms with Crippen LogP contribution in [0.1, 0.15) is 34.3 Å². The van der Waals surface area contributed by atoms with E-state index in [1.807, 2.05) is 0 Å². The Morgan fingerprint density at radius 1 is 1.09 bits per heavy atom. The van der Waals surface area contributed by atoms with E-state index in [0.717, 1.165) is 25.3 Å². The lowest BCUT2D eigenvalue weighted by Crippen LogP contribution is -2.39. The molecule has 0 unspecified atom stereocenters. The molecule has 0 spiro atoms. The van der Waals surface area contributed by atoms with Gasteiger partial charge in [-0.2, -0.15) is 13.2 Å². The standard InChI is InChI=1S/C28H27F7N4O5/c1-14-9-17(44-28(33,34)35)4-3-16(14)11-37-26(42)19-12-39(13-27(30,31)32)21-18(23(19)40)10-20(29)22(24(21)43-2)38-7-5-15(6-8-38)25(36)41/h3-4,9-10,12,15H,5-8,11,13H2,1-2H3,(H2,36,41)(H,37,42). The SMILES string of the molecule is COc1c(N2CCC(C(N)=O)CC2)c(F)cc2c(=O)c(C(=O)NCc3ccc(OC(F)(F)F)cc3C)cn(CC(F)(F)F)c12. The number of primary amides is 1. The number of aromatic nitrogens is 1. The molecule has 0 aliphatic carbocycles. The Morgan fingerprint density at radius 2 is 1.75 bits per heavy atom. The molecule has 0 radical (unpaired) electrons. The van der Waals surface area contributed by atoms with E-state index in [1.54, 1.807) is 0 Å². The van der Waals surface area contributed by atoms with Crippen molar-refractivity contribution in [2.24, 2.45) is 11.7 Å². The smallest absolute Gasteiger partial charge is 0.492 e. The lowest BCUT2D eigenvalue weighted by Gasteiger charge is -2.34. The lowest BCUT2D eigenvalue weighted by atomic mass is 9.95. The third-order valence-corrected chi connectivity index (χ3v) is 7.24. The number of anilines is 1. The van der Waals surface area contributed by atoms with Crippen molar-refractivity contribution in [2.45, 2.75) is 45.4 Å². The Hall–Kier alpha value is -4.50. The van der Waals surface area contributed by atoms with Crippen LogP contribution in [0.2, 0.25) is 0 Å². The number of hydrogen-bond acceptors (Lipinski definition) is 6. The number of rotatable bonds is 8. The second-order valence-corrected chi connectivity index (χ2v) is 10.2. The summed E-state index contributed by atoms with van der Waals surface area (Å²) in [7, 11) is 1.10. The molecule has 2 heterocycles. The van der Waals surface area contributed by atoms with Gasteiger partial charge in [0.1, 0.15) is 23.5 Å². The molecule has 1 fully saturated rings. The molecular weight excluding hydrogens is 605 g/mol. The number of nitrogens with zero attached hydrogens (tertiary/aromatic N) is 2. The number of nitrogens with one attached hydrogen (secondary N) is 1. The Balaban J connectivity index is 1.73. The highest BCUT2D eigenvalue weighted by atomic mass is 19.4. The number of ether oxygens (including phenoxy) is 2. The summed E-state index contributed by atoms with van der Waals surface area (Å²) >= 11 is 0. The maximum absolute atomic E-state index is 15.6. The fourth-order valence-corrected chi connectivity index (χ4v) is 5.18. The molecule has 1 aliphatic rings. The summed E-state index contributed by atoms with van der Waals surface area (Å²) in [4.78, 5) is 39.5. The van der Waals surface area contributed by atoms with Crippen LogP contribution in [0.15, 0.2) is 35.3 Å². The van der Waals surface area contributed by atoms with E-state index >= 15 is 4.39 Å². The predicted molar refractivity (Wildman–Crippen MR) is 144 cm³/mol. The maximum Gasteiger partial charge on any atom is 0.573 e. The number of piperidine rings is 1. The summed E-state index contributed by atoms with van der Waals surface area (Å²) < 4.78 is 104. The van der Waals surface area contributed by atoms with Crippen LogP contribution in [0.5, 0.6) is 11.5 Å². The average molecular weight is 633 g/mol. The van der Waals surface area contributed by atoms with Crippen LogP contribution in [-0.2, 0) is 17.9 Å². The third kappa shape index (κ3) is 7.17. The zero-order chi connectivity index (χ0) is 32.6. The third-order valence-electron chi connectivity index (χ3n) is 7.24. The molecule has 2 amide bonds. The van der Waals surface area contributed by atoms with E-state index < -0.39 is 70.3 Å². The predicted octanol–water partition coefficient (Wildman–Crippen LogP) is 4.55. The van der Waals surface area contributed by atoms with Crippen LogP contribution < -0.4 is 30.9 Å². The molecule has 3 aromatic rings. The van der Waals surface area contributed by atoms with Crippen molar-refractivity contribution in [1.29, 1.82) is 0 Å². The van der Waals surface area contributed by atoms with Gasteiger partial charge in [-0.3, -0.25) is 14.4 Å². The number of aryl methyl sites for hydroxylation is 1. The second kappa shape index (κ2) is 12.2. The highest BCUT2D eigenvalue weighted by Crippen LogP contribution is 2.40. The number of nitrogens with two attached hydrogens (primary N) is 1.